The smallest absolute Gasteiger partial charge is 0.446 e. The van der Waals surface area contributed by atoms with Crippen molar-refractivity contribution in [2.75, 3.05) is 13.2 Å². The van der Waals surface area contributed by atoms with Gasteiger partial charge in [0.2, 0.25) is 0 Å². The Morgan fingerprint density at radius 2 is 1.75 bits per heavy atom. The van der Waals surface area contributed by atoms with E-state index in [2.05, 4.69) is 4.18 Å². The van der Waals surface area contributed by atoms with Crippen LogP contribution in [0.4, 0.5) is 0 Å². The standard InChI is InChI=1S/C13H12O6S/c14-20(15,16)19-13-6-5-12(18-8-9-7-17-9)10-3-1-2-4-11(10)13/h1-6,9H,7-8H2,(H,14,15,16)/t9-/m0/s1. The highest BCUT2D eigenvalue weighted by Gasteiger charge is 2.23. The summed E-state index contributed by atoms with van der Waals surface area (Å²) in [5.41, 5.74) is 0. The Morgan fingerprint density at radius 1 is 1.15 bits per heavy atom. The molecule has 1 saturated heterocycles. The van der Waals surface area contributed by atoms with E-state index < -0.39 is 10.4 Å². The molecule has 0 aliphatic carbocycles. The lowest BCUT2D eigenvalue weighted by Gasteiger charge is -2.11. The first-order valence-electron chi connectivity index (χ1n) is 5.96. The molecule has 0 unspecified atom stereocenters. The van der Waals surface area contributed by atoms with Crippen LogP contribution in [-0.2, 0) is 15.1 Å². The highest BCUT2D eigenvalue weighted by atomic mass is 32.3. The largest absolute Gasteiger partial charge is 0.490 e. The Hall–Kier alpha value is -1.83. The molecule has 0 radical (unpaired) electrons. The molecule has 2 aromatic rings. The average molecular weight is 296 g/mol. The molecule has 0 spiro atoms. The molecule has 106 valence electrons. The van der Waals surface area contributed by atoms with Crippen LogP contribution in [0.15, 0.2) is 36.4 Å². The molecule has 0 amide bonds. The van der Waals surface area contributed by atoms with Crippen molar-refractivity contribution < 1.29 is 26.6 Å². The molecule has 1 N–H and O–H groups in total. The summed E-state index contributed by atoms with van der Waals surface area (Å²) in [6.07, 6.45) is 0.127. The van der Waals surface area contributed by atoms with E-state index in [4.69, 9.17) is 14.0 Å². The van der Waals surface area contributed by atoms with Gasteiger partial charge in [0.1, 0.15) is 18.5 Å². The van der Waals surface area contributed by atoms with E-state index in [-0.39, 0.29) is 11.9 Å². The van der Waals surface area contributed by atoms with E-state index in [1.807, 2.05) is 0 Å². The summed E-state index contributed by atoms with van der Waals surface area (Å²) in [5, 5.41) is 1.24. The van der Waals surface area contributed by atoms with Crippen LogP contribution in [-0.4, -0.2) is 32.3 Å². The Labute approximate surface area is 115 Å². The summed E-state index contributed by atoms with van der Waals surface area (Å²) in [7, 11) is -4.56. The molecule has 1 fully saturated rings. The number of benzene rings is 2. The predicted octanol–water partition coefficient (Wildman–Crippen LogP) is 1.80. The van der Waals surface area contributed by atoms with Crippen LogP contribution in [0, 0.1) is 0 Å². The molecule has 3 rings (SSSR count). The van der Waals surface area contributed by atoms with Crippen molar-refractivity contribution in [3.63, 3.8) is 0 Å². The predicted molar refractivity (Wildman–Crippen MR) is 71.4 cm³/mol. The van der Waals surface area contributed by atoms with E-state index in [1.165, 1.54) is 6.07 Å². The molecule has 1 aliphatic heterocycles. The summed E-state index contributed by atoms with van der Waals surface area (Å²) in [4.78, 5) is 0. The van der Waals surface area contributed by atoms with Crippen molar-refractivity contribution in [2.45, 2.75) is 6.10 Å². The van der Waals surface area contributed by atoms with Gasteiger partial charge in [-0.3, -0.25) is 4.55 Å². The van der Waals surface area contributed by atoms with Gasteiger partial charge in [-0.05, 0) is 12.1 Å². The molecule has 1 atom stereocenters. The van der Waals surface area contributed by atoms with E-state index in [0.717, 1.165) is 0 Å². The van der Waals surface area contributed by atoms with Crippen LogP contribution in [0.5, 0.6) is 11.5 Å². The third-order valence-electron chi connectivity index (χ3n) is 2.87. The summed E-state index contributed by atoms with van der Waals surface area (Å²) >= 11 is 0. The van der Waals surface area contributed by atoms with E-state index in [0.29, 0.717) is 29.7 Å². The normalized spacial score (nSPS) is 17.9. The van der Waals surface area contributed by atoms with E-state index in [9.17, 15) is 8.42 Å². The van der Waals surface area contributed by atoms with Gasteiger partial charge in [-0.1, -0.05) is 24.3 Å². The van der Waals surface area contributed by atoms with Gasteiger partial charge in [-0.25, -0.2) is 0 Å². The second-order valence-electron chi connectivity index (χ2n) is 4.38. The average Bonchev–Trinajstić information content (AvgIpc) is 3.20. The highest BCUT2D eigenvalue weighted by molar-refractivity contribution is 7.81. The van der Waals surface area contributed by atoms with Gasteiger partial charge in [-0.2, -0.15) is 8.42 Å². The number of fused-ring (bicyclic) bond motifs is 1. The zero-order valence-corrected chi connectivity index (χ0v) is 11.2. The third kappa shape index (κ3) is 3.01. The zero-order chi connectivity index (χ0) is 14.2. The van der Waals surface area contributed by atoms with Gasteiger partial charge >= 0.3 is 10.4 Å². The molecule has 1 aliphatic rings. The third-order valence-corrected chi connectivity index (χ3v) is 3.26. The summed E-state index contributed by atoms with van der Waals surface area (Å²) in [6.45, 7) is 1.14. The lowest BCUT2D eigenvalue weighted by atomic mass is 10.1. The summed E-state index contributed by atoms with van der Waals surface area (Å²) < 4.78 is 45.7. The van der Waals surface area contributed by atoms with Gasteiger partial charge in [0, 0.05) is 10.8 Å². The van der Waals surface area contributed by atoms with Gasteiger partial charge in [-0.15, -0.1) is 0 Å². The van der Waals surface area contributed by atoms with Crippen molar-refractivity contribution in [1.82, 2.24) is 0 Å². The maximum atomic E-state index is 10.8. The molecular weight excluding hydrogens is 284 g/mol. The second kappa shape index (κ2) is 4.93. The van der Waals surface area contributed by atoms with Crippen LogP contribution in [0.25, 0.3) is 10.8 Å². The van der Waals surface area contributed by atoms with Crippen molar-refractivity contribution in [3.05, 3.63) is 36.4 Å². The second-order valence-corrected chi connectivity index (χ2v) is 5.41. The Bertz CT molecular complexity index is 736. The number of hydrogen-bond acceptors (Lipinski definition) is 5. The summed E-state index contributed by atoms with van der Waals surface area (Å²) in [5.74, 6) is 0.664. The number of ether oxygens (including phenoxy) is 2. The maximum absolute atomic E-state index is 10.8. The van der Waals surface area contributed by atoms with Crippen LogP contribution in [0.3, 0.4) is 0 Å². The molecule has 20 heavy (non-hydrogen) atoms. The van der Waals surface area contributed by atoms with Crippen LogP contribution < -0.4 is 8.92 Å². The Morgan fingerprint density at radius 3 is 2.35 bits per heavy atom. The molecule has 0 aromatic heterocycles. The van der Waals surface area contributed by atoms with Crippen LogP contribution >= 0.6 is 0 Å². The highest BCUT2D eigenvalue weighted by Crippen LogP contribution is 2.34. The van der Waals surface area contributed by atoms with Crippen molar-refractivity contribution in [3.8, 4) is 11.5 Å². The first kappa shape index (κ1) is 13.2. The minimum atomic E-state index is -4.56. The number of hydrogen-bond donors (Lipinski definition) is 1. The lowest BCUT2D eigenvalue weighted by Crippen LogP contribution is -2.08. The van der Waals surface area contributed by atoms with E-state index in [1.54, 1.807) is 30.3 Å². The Balaban J connectivity index is 1.99. The monoisotopic (exact) mass is 296 g/mol. The Kier molecular flexibility index (Phi) is 3.25. The fourth-order valence-electron chi connectivity index (χ4n) is 1.90. The molecule has 6 nitrogen and oxygen atoms in total. The van der Waals surface area contributed by atoms with Crippen LogP contribution in [0.2, 0.25) is 0 Å². The SMILES string of the molecule is O=S(=O)(O)Oc1ccc(OC[C@@H]2CO2)c2ccccc12. The van der Waals surface area contributed by atoms with Crippen molar-refractivity contribution in [1.29, 1.82) is 0 Å². The van der Waals surface area contributed by atoms with Crippen molar-refractivity contribution in [2.24, 2.45) is 0 Å². The number of epoxide rings is 1. The van der Waals surface area contributed by atoms with Gasteiger partial charge in [0.05, 0.1) is 6.61 Å². The number of rotatable bonds is 5. The topological polar surface area (TPSA) is 85.4 Å². The minimum absolute atomic E-state index is 0.0538. The van der Waals surface area contributed by atoms with E-state index >= 15 is 0 Å². The molecular formula is C13H12O6S. The van der Waals surface area contributed by atoms with Gasteiger partial charge in [0.25, 0.3) is 0 Å². The molecule has 0 saturated carbocycles. The first-order chi connectivity index (χ1) is 9.53. The fraction of sp³-hybridized carbons (Fsp3) is 0.231. The van der Waals surface area contributed by atoms with Gasteiger partial charge < -0.3 is 13.7 Å². The minimum Gasteiger partial charge on any atom is -0.490 e. The maximum Gasteiger partial charge on any atom is 0.446 e. The van der Waals surface area contributed by atoms with Crippen LogP contribution in [0.1, 0.15) is 0 Å². The van der Waals surface area contributed by atoms with Crippen molar-refractivity contribution >= 4 is 21.2 Å². The quantitative estimate of drug-likeness (QED) is 0.669. The fourth-order valence-corrected chi connectivity index (χ4v) is 2.28. The molecule has 2 aromatic carbocycles. The molecule has 1 heterocycles. The first-order valence-corrected chi connectivity index (χ1v) is 7.32. The molecule has 0 bridgehead atoms. The summed E-state index contributed by atoms with van der Waals surface area (Å²) in [6, 6.07) is 10.1. The van der Waals surface area contributed by atoms with Gasteiger partial charge in [0.15, 0.2) is 5.75 Å². The lowest BCUT2D eigenvalue weighted by molar-refractivity contribution is 0.265. The molecule has 7 heteroatoms. The zero-order valence-electron chi connectivity index (χ0n) is 10.4.